The molecule has 160 valence electrons. The van der Waals surface area contributed by atoms with Crippen LogP contribution in [0.3, 0.4) is 0 Å². The lowest BCUT2D eigenvalue weighted by Crippen LogP contribution is -2.23. The molecule has 7 heteroatoms. The monoisotopic (exact) mass is 425 g/mol. The van der Waals surface area contributed by atoms with Gasteiger partial charge >= 0.3 is 0 Å². The van der Waals surface area contributed by atoms with Crippen molar-refractivity contribution < 1.29 is 9.59 Å². The zero-order valence-electron chi connectivity index (χ0n) is 17.8. The molecule has 0 aliphatic heterocycles. The minimum absolute atomic E-state index is 0.254. The van der Waals surface area contributed by atoms with Crippen molar-refractivity contribution in [2.75, 3.05) is 5.32 Å². The molecule has 4 rings (SSSR count). The lowest BCUT2D eigenvalue weighted by atomic mass is 10.0. The van der Waals surface area contributed by atoms with Gasteiger partial charge in [-0.2, -0.15) is 5.10 Å². The van der Waals surface area contributed by atoms with Gasteiger partial charge in [-0.15, -0.1) is 0 Å². The molecule has 32 heavy (non-hydrogen) atoms. The lowest BCUT2D eigenvalue weighted by Gasteiger charge is -2.08. The van der Waals surface area contributed by atoms with Gasteiger partial charge in [-0.25, -0.2) is 0 Å². The highest BCUT2D eigenvalue weighted by atomic mass is 16.2. The second kappa shape index (κ2) is 9.26. The Balaban J connectivity index is 1.38. The normalized spacial score (nSPS) is 10.6. The van der Waals surface area contributed by atoms with E-state index in [4.69, 9.17) is 0 Å². The fourth-order valence-corrected chi connectivity index (χ4v) is 3.22. The van der Waals surface area contributed by atoms with Gasteiger partial charge in [-0.3, -0.25) is 19.7 Å². The molecule has 0 spiro atoms. The third kappa shape index (κ3) is 4.89. The Morgan fingerprint density at radius 1 is 0.906 bits per heavy atom. The van der Waals surface area contributed by atoms with Gasteiger partial charge in [0.25, 0.3) is 11.8 Å². The number of H-pyrrole nitrogens is 1. The molecule has 2 amide bonds. The number of pyridine rings is 1. The smallest absolute Gasteiger partial charge is 0.274 e. The topological polar surface area (TPSA) is 99.8 Å². The Morgan fingerprint density at radius 3 is 2.56 bits per heavy atom. The Labute approximate surface area is 185 Å². The second-order valence-corrected chi connectivity index (χ2v) is 7.52. The number of benzene rings is 2. The van der Waals surface area contributed by atoms with Crippen LogP contribution in [0.25, 0.3) is 11.3 Å². The van der Waals surface area contributed by atoms with Gasteiger partial charge in [0.05, 0.1) is 5.69 Å². The lowest BCUT2D eigenvalue weighted by molar-refractivity contribution is 0.0945. The summed E-state index contributed by atoms with van der Waals surface area (Å²) in [5, 5.41) is 12.8. The largest absolute Gasteiger partial charge is 0.347 e. The number of aromatic amines is 1. The highest BCUT2D eigenvalue weighted by Crippen LogP contribution is 2.21. The minimum Gasteiger partial charge on any atom is -0.347 e. The van der Waals surface area contributed by atoms with Crippen molar-refractivity contribution in [2.45, 2.75) is 20.4 Å². The molecular weight excluding hydrogens is 402 g/mol. The van der Waals surface area contributed by atoms with Crippen LogP contribution in [0.5, 0.6) is 0 Å². The number of anilines is 1. The Kier molecular flexibility index (Phi) is 6.07. The summed E-state index contributed by atoms with van der Waals surface area (Å²) in [6.45, 7) is 4.41. The molecule has 4 aromatic rings. The number of rotatable bonds is 6. The maximum atomic E-state index is 12.6. The van der Waals surface area contributed by atoms with Crippen molar-refractivity contribution in [2.24, 2.45) is 0 Å². The molecule has 0 aliphatic rings. The summed E-state index contributed by atoms with van der Waals surface area (Å²) < 4.78 is 0. The number of aromatic nitrogens is 3. The fraction of sp³-hybridized carbons (Fsp3) is 0.120. The van der Waals surface area contributed by atoms with Crippen molar-refractivity contribution in [3.63, 3.8) is 0 Å². The highest BCUT2D eigenvalue weighted by Gasteiger charge is 2.12. The van der Waals surface area contributed by atoms with Gasteiger partial charge in [-0.05, 0) is 66.9 Å². The van der Waals surface area contributed by atoms with Gasteiger partial charge in [0.2, 0.25) is 0 Å². The van der Waals surface area contributed by atoms with E-state index in [0.29, 0.717) is 23.6 Å². The summed E-state index contributed by atoms with van der Waals surface area (Å²) >= 11 is 0. The molecule has 3 N–H and O–H groups in total. The van der Waals surface area contributed by atoms with E-state index in [0.717, 1.165) is 16.8 Å². The van der Waals surface area contributed by atoms with Crippen molar-refractivity contribution in [3.05, 3.63) is 101 Å². The zero-order valence-corrected chi connectivity index (χ0v) is 17.8. The third-order valence-electron chi connectivity index (χ3n) is 5.16. The van der Waals surface area contributed by atoms with Crippen LogP contribution >= 0.6 is 0 Å². The van der Waals surface area contributed by atoms with E-state index in [1.165, 1.54) is 11.1 Å². The van der Waals surface area contributed by atoms with Gasteiger partial charge in [0.15, 0.2) is 0 Å². The first-order valence-electron chi connectivity index (χ1n) is 10.2. The molecule has 0 fully saturated rings. The van der Waals surface area contributed by atoms with E-state index in [2.05, 4.69) is 38.8 Å². The molecule has 0 atom stereocenters. The molecule has 2 aromatic heterocycles. The van der Waals surface area contributed by atoms with E-state index in [-0.39, 0.29) is 11.8 Å². The van der Waals surface area contributed by atoms with Crippen LogP contribution in [-0.4, -0.2) is 27.0 Å². The molecule has 0 unspecified atom stereocenters. The number of nitrogens with one attached hydrogen (secondary N) is 3. The number of nitrogens with zero attached hydrogens (tertiary/aromatic N) is 2. The number of aryl methyl sites for hydroxylation is 2. The van der Waals surface area contributed by atoms with E-state index >= 15 is 0 Å². The van der Waals surface area contributed by atoms with Crippen LogP contribution in [0.2, 0.25) is 0 Å². The van der Waals surface area contributed by atoms with E-state index in [1.807, 2.05) is 37.3 Å². The molecule has 0 saturated carbocycles. The van der Waals surface area contributed by atoms with Gasteiger partial charge in [-0.1, -0.05) is 30.3 Å². The average molecular weight is 425 g/mol. The SMILES string of the molecule is Cc1ccc(-c2cc(C(=O)NCc3cccc(NC(=O)c4ccccn4)c3)[nH]n2)cc1C. The van der Waals surface area contributed by atoms with Crippen LogP contribution in [0.4, 0.5) is 5.69 Å². The van der Waals surface area contributed by atoms with Crippen molar-refractivity contribution in [3.8, 4) is 11.3 Å². The first kappa shape index (κ1) is 21.0. The summed E-state index contributed by atoms with van der Waals surface area (Å²) in [5.41, 5.74) is 6.27. The number of amides is 2. The van der Waals surface area contributed by atoms with Crippen LogP contribution in [-0.2, 0) is 6.54 Å². The van der Waals surface area contributed by atoms with Crippen LogP contribution in [0.15, 0.2) is 72.9 Å². The Morgan fingerprint density at radius 2 is 1.78 bits per heavy atom. The molecular formula is C25H23N5O2. The molecule has 0 aliphatic carbocycles. The first-order chi connectivity index (χ1) is 15.5. The summed E-state index contributed by atoms with van der Waals surface area (Å²) in [7, 11) is 0. The maximum Gasteiger partial charge on any atom is 0.274 e. The fourth-order valence-electron chi connectivity index (χ4n) is 3.22. The predicted molar refractivity (Wildman–Crippen MR) is 123 cm³/mol. The zero-order chi connectivity index (χ0) is 22.5. The van der Waals surface area contributed by atoms with Gasteiger partial charge < -0.3 is 10.6 Å². The van der Waals surface area contributed by atoms with Gasteiger partial charge in [0, 0.05) is 24.0 Å². The molecule has 0 radical (unpaired) electrons. The van der Waals surface area contributed by atoms with Crippen LogP contribution in [0, 0.1) is 13.8 Å². The number of hydrogen-bond donors (Lipinski definition) is 3. The summed E-state index contributed by atoms with van der Waals surface area (Å²) in [6.07, 6.45) is 1.57. The Bertz CT molecular complexity index is 1260. The predicted octanol–water partition coefficient (Wildman–Crippen LogP) is 4.27. The van der Waals surface area contributed by atoms with E-state index in [1.54, 1.807) is 36.5 Å². The average Bonchev–Trinajstić information content (AvgIpc) is 3.30. The van der Waals surface area contributed by atoms with Crippen molar-refractivity contribution >= 4 is 17.5 Å². The van der Waals surface area contributed by atoms with Crippen molar-refractivity contribution in [1.29, 1.82) is 0 Å². The summed E-state index contributed by atoms with van der Waals surface area (Å²) in [5.74, 6) is -0.543. The van der Waals surface area contributed by atoms with Crippen molar-refractivity contribution in [1.82, 2.24) is 20.5 Å². The maximum absolute atomic E-state index is 12.6. The van der Waals surface area contributed by atoms with Crippen LogP contribution in [0.1, 0.15) is 37.7 Å². The van der Waals surface area contributed by atoms with Crippen LogP contribution < -0.4 is 10.6 Å². The Hall–Kier alpha value is -4.26. The standard InChI is InChI=1S/C25H23N5O2/c1-16-9-10-19(12-17(16)2)22-14-23(30-29-22)24(31)27-15-18-6-5-7-20(13-18)28-25(32)21-8-3-4-11-26-21/h3-14H,15H2,1-2H3,(H,27,31)(H,28,32)(H,29,30). The molecule has 0 bridgehead atoms. The molecule has 0 saturated heterocycles. The number of carbonyl (C=O) groups excluding carboxylic acids is 2. The quantitative estimate of drug-likeness (QED) is 0.429. The third-order valence-corrected chi connectivity index (χ3v) is 5.16. The highest BCUT2D eigenvalue weighted by molar-refractivity contribution is 6.02. The second-order valence-electron chi connectivity index (χ2n) is 7.52. The summed E-state index contributed by atoms with van der Waals surface area (Å²) in [4.78, 5) is 28.9. The molecule has 7 nitrogen and oxygen atoms in total. The van der Waals surface area contributed by atoms with Gasteiger partial charge in [0.1, 0.15) is 11.4 Å². The minimum atomic E-state index is -0.289. The summed E-state index contributed by atoms with van der Waals surface area (Å²) in [6, 6.07) is 20.3. The molecule has 2 heterocycles. The molecule has 2 aromatic carbocycles. The van der Waals surface area contributed by atoms with E-state index in [9.17, 15) is 9.59 Å². The first-order valence-corrected chi connectivity index (χ1v) is 10.2. The number of hydrogen-bond acceptors (Lipinski definition) is 4. The van der Waals surface area contributed by atoms with E-state index < -0.39 is 0 Å². The number of carbonyl (C=O) groups is 2.